The lowest BCUT2D eigenvalue weighted by Crippen LogP contribution is -2.20. The van der Waals surface area contributed by atoms with Gasteiger partial charge in [0.25, 0.3) is 5.91 Å². The third-order valence-corrected chi connectivity index (χ3v) is 5.60. The normalized spacial score (nSPS) is 11.2. The van der Waals surface area contributed by atoms with Gasteiger partial charge in [-0.05, 0) is 53.4 Å². The number of hydrazone groups is 1. The Balaban J connectivity index is 1.40. The fourth-order valence-electron chi connectivity index (χ4n) is 3.56. The maximum Gasteiger partial charge on any atom is 0.271 e. The van der Waals surface area contributed by atoms with Crippen LogP contribution < -0.4 is 10.2 Å². The molecule has 0 saturated carbocycles. The number of rotatable bonds is 8. The second-order valence-electron chi connectivity index (χ2n) is 7.71. The van der Waals surface area contributed by atoms with Gasteiger partial charge in [0.2, 0.25) is 0 Å². The monoisotopic (exact) mass is 468 g/mol. The van der Waals surface area contributed by atoms with Crippen LogP contribution in [0.15, 0.2) is 108 Å². The molecule has 4 aromatic rings. The van der Waals surface area contributed by atoms with Crippen molar-refractivity contribution in [3.63, 3.8) is 0 Å². The lowest BCUT2D eigenvalue weighted by molar-refractivity contribution is 0.0954. The lowest BCUT2D eigenvalue weighted by Gasteiger charge is -2.12. The molecule has 5 heteroatoms. The van der Waals surface area contributed by atoms with E-state index in [9.17, 15) is 4.79 Å². The van der Waals surface area contributed by atoms with E-state index in [-0.39, 0.29) is 5.91 Å². The van der Waals surface area contributed by atoms with Crippen LogP contribution >= 0.6 is 11.6 Å². The number of nitrogens with one attached hydrogen (secondary N) is 1. The zero-order valence-corrected chi connectivity index (χ0v) is 19.6. The number of benzene rings is 4. The van der Waals surface area contributed by atoms with Crippen molar-refractivity contribution in [1.29, 1.82) is 0 Å². The van der Waals surface area contributed by atoms with E-state index in [0.29, 0.717) is 23.6 Å². The summed E-state index contributed by atoms with van der Waals surface area (Å²) >= 11 is 6.07. The Kier molecular flexibility index (Phi) is 7.74. The summed E-state index contributed by atoms with van der Waals surface area (Å²) in [6, 6.07) is 32.9. The number of nitrogens with zero attached hydrogens (tertiary/aromatic N) is 1. The van der Waals surface area contributed by atoms with Crippen molar-refractivity contribution in [1.82, 2.24) is 5.43 Å². The first-order chi connectivity index (χ1) is 16.6. The molecule has 0 radical (unpaired) electrons. The number of hydrogen-bond acceptors (Lipinski definition) is 3. The van der Waals surface area contributed by atoms with Gasteiger partial charge in [0, 0.05) is 16.1 Å². The quantitative estimate of drug-likeness (QED) is 0.221. The third kappa shape index (κ3) is 5.91. The first-order valence-electron chi connectivity index (χ1n) is 11.1. The van der Waals surface area contributed by atoms with Crippen LogP contribution in [0.3, 0.4) is 0 Å². The van der Waals surface area contributed by atoms with Gasteiger partial charge in [-0.15, -0.1) is 0 Å². The second-order valence-corrected chi connectivity index (χ2v) is 8.15. The molecular weight excluding hydrogens is 444 g/mol. The molecule has 0 aromatic heterocycles. The van der Waals surface area contributed by atoms with E-state index in [1.54, 1.807) is 12.1 Å². The number of para-hydroxylation sites is 1. The SMILES string of the molecule is CC/C(=N\NC(=O)c1ccc(COc2ccccc2-c2ccccc2)cc1)c1cccc(Cl)c1. The Labute approximate surface area is 204 Å². The predicted octanol–water partition coefficient (Wildman–Crippen LogP) is 7.13. The Hall–Kier alpha value is -3.89. The maximum absolute atomic E-state index is 12.6. The molecule has 4 aromatic carbocycles. The summed E-state index contributed by atoms with van der Waals surface area (Å²) < 4.78 is 6.10. The highest BCUT2D eigenvalue weighted by atomic mass is 35.5. The van der Waals surface area contributed by atoms with Crippen LogP contribution in [0.1, 0.15) is 34.8 Å². The van der Waals surface area contributed by atoms with Crippen molar-refractivity contribution in [2.24, 2.45) is 5.10 Å². The highest BCUT2D eigenvalue weighted by Gasteiger charge is 2.09. The second kappa shape index (κ2) is 11.3. The molecule has 1 amide bonds. The lowest BCUT2D eigenvalue weighted by atomic mass is 10.0. The van der Waals surface area contributed by atoms with Crippen LogP contribution in [-0.4, -0.2) is 11.6 Å². The molecule has 0 saturated heterocycles. The van der Waals surface area contributed by atoms with Crippen molar-refractivity contribution in [2.45, 2.75) is 20.0 Å². The smallest absolute Gasteiger partial charge is 0.271 e. The van der Waals surface area contributed by atoms with Crippen molar-refractivity contribution >= 4 is 23.2 Å². The maximum atomic E-state index is 12.6. The molecule has 0 fully saturated rings. The van der Waals surface area contributed by atoms with Crippen LogP contribution in [0.25, 0.3) is 11.1 Å². The van der Waals surface area contributed by atoms with Gasteiger partial charge < -0.3 is 4.74 Å². The molecule has 0 aliphatic heterocycles. The fraction of sp³-hybridized carbons (Fsp3) is 0.103. The number of halogens is 1. The molecule has 0 heterocycles. The number of carbonyl (C=O) groups excluding carboxylic acids is 1. The largest absolute Gasteiger partial charge is 0.488 e. The molecular formula is C29H25ClN2O2. The molecule has 0 atom stereocenters. The molecule has 170 valence electrons. The number of amides is 1. The van der Waals surface area contributed by atoms with Crippen molar-refractivity contribution in [3.05, 3.63) is 125 Å². The van der Waals surface area contributed by atoms with E-state index >= 15 is 0 Å². The zero-order valence-electron chi connectivity index (χ0n) is 18.9. The summed E-state index contributed by atoms with van der Waals surface area (Å²) in [6.45, 7) is 2.38. The van der Waals surface area contributed by atoms with Crippen LogP contribution in [0.5, 0.6) is 5.75 Å². The van der Waals surface area contributed by atoms with Gasteiger partial charge in [-0.3, -0.25) is 4.79 Å². The third-order valence-electron chi connectivity index (χ3n) is 5.37. The molecule has 1 N–H and O–H groups in total. The minimum atomic E-state index is -0.269. The highest BCUT2D eigenvalue weighted by molar-refractivity contribution is 6.31. The van der Waals surface area contributed by atoms with E-state index in [0.717, 1.165) is 33.7 Å². The van der Waals surface area contributed by atoms with Crippen molar-refractivity contribution in [3.8, 4) is 16.9 Å². The number of ether oxygens (including phenoxy) is 1. The topological polar surface area (TPSA) is 50.7 Å². The Morgan fingerprint density at radius 1 is 0.853 bits per heavy atom. The average molecular weight is 469 g/mol. The summed E-state index contributed by atoms with van der Waals surface area (Å²) in [4.78, 5) is 12.6. The summed E-state index contributed by atoms with van der Waals surface area (Å²) in [6.07, 6.45) is 0.668. The van der Waals surface area contributed by atoms with E-state index in [1.807, 2.05) is 85.8 Å². The fourth-order valence-corrected chi connectivity index (χ4v) is 3.75. The molecule has 0 bridgehead atoms. The van der Waals surface area contributed by atoms with Gasteiger partial charge in [0.05, 0.1) is 5.71 Å². The Bertz CT molecular complexity index is 1290. The number of hydrogen-bond donors (Lipinski definition) is 1. The van der Waals surface area contributed by atoms with E-state index < -0.39 is 0 Å². The van der Waals surface area contributed by atoms with Gasteiger partial charge in [-0.1, -0.05) is 91.3 Å². The first-order valence-corrected chi connectivity index (χ1v) is 11.5. The van der Waals surface area contributed by atoms with E-state index in [4.69, 9.17) is 16.3 Å². The van der Waals surface area contributed by atoms with Crippen molar-refractivity contribution in [2.75, 3.05) is 0 Å². The van der Waals surface area contributed by atoms with E-state index in [1.165, 1.54) is 0 Å². The van der Waals surface area contributed by atoms with Gasteiger partial charge >= 0.3 is 0 Å². The van der Waals surface area contributed by atoms with Gasteiger partial charge in [0.1, 0.15) is 12.4 Å². The standard InChI is InChI=1S/C29H25ClN2O2/c1-2-27(24-11-8-12-25(30)19-24)31-32-29(33)23-17-15-21(16-18-23)20-34-28-14-7-6-13-26(28)22-9-4-3-5-10-22/h3-19H,2,20H2,1H3,(H,32,33)/b31-27+. The molecule has 4 nitrogen and oxygen atoms in total. The van der Waals surface area contributed by atoms with E-state index in [2.05, 4.69) is 22.7 Å². The minimum absolute atomic E-state index is 0.269. The molecule has 0 unspecified atom stereocenters. The molecule has 4 rings (SSSR count). The van der Waals surface area contributed by atoms with Crippen molar-refractivity contribution < 1.29 is 9.53 Å². The first kappa shape index (κ1) is 23.3. The molecule has 0 aliphatic rings. The van der Waals surface area contributed by atoms with Gasteiger partial charge in [-0.2, -0.15) is 5.10 Å². The van der Waals surface area contributed by atoms with Gasteiger partial charge in [-0.25, -0.2) is 5.43 Å². The van der Waals surface area contributed by atoms with Crippen LogP contribution in [0.2, 0.25) is 5.02 Å². The molecule has 0 aliphatic carbocycles. The summed E-state index contributed by atoms with van der Waals surface area (Å²) in [5.41, 5.74) is 7.94. The predicted molar refractivity (Wildman–Crippen MR) is 138 cm³/mol. The highest BCUT2D eigenvalue weighted by Crippen LogP contribution is 2.30. The zero-order chi connectivity index (χ0) is 23.8. The van der Waals surface area contributed by atoms with Gasteiger partial charge in [0.15, 0.2) is 0 Å². The Morgan fingerprint density at radius 2 is 1.59 bits per heavy atom. The summed E-state index contributed by atoms with van der Waals surface area (Å²) in [5, 5.41) is 4.93. The van der Waals surface area contributed by atoms with Crippen LogP contribution in [0, 0.1) is 0 Å². The molecule has 0 spiro atoms. The summed E-state index contributed by atoms with van der Waals surface area (Å²) in [5.74, 6) is 0.549. The average Bonchev–Trinajstić information content (AvgIpc) is 2.89. The minimum Gasteiger partial charge on any atom is -0.488 e. The summed E-state index contributed by atoms with van der Waals surface area (Å²) in [7, 11) is 0. The number of carbonyl (C=O) groups is 1. The van der Waals surface area contributed by atoms with Crippen LogP contribution in [0.4, 0.5) is 0 Å². The van der Waals surface area contributed by atoms with Crippen LogP contribution in [-0.2, 0) is 6.61 Å². The Morgan fingerprint density at radius 3 is 2.32 bits per heavy atom. The molecule has 34 heavy (non-hydrogen) atoms.